The number of rotatable bonds is 4. The van der Waals surface area contributed by atoms with Crippen LogP contribution < -0.4 is 14.8 Å². The van der Waals surface area contributed by atoms with Gasteiger partial charge in [0, 0.05) is 6.07 Å². The Morgan fingerprint density at radius 3 is 2.66 bits per heavy atom. The minimum atomic E-state index is -3.10. The molecule has 29 heavy (non-hydrogen) atoms. The molecular formula is C21H27NO6S. The van der Waals surface area contributed by atoms with E-state index in [0.29, 0.717) is 29.9 Å². The summed E-state index contributed by atoms with van der Waals surface area (Å²) in [4.78, 5) is 24.8. The van der Waals surface area contributed by atoms with Gasteiger partial charge in [-0.1, -0.05) is 6.42 Å². The highest BCUT2D eigenvalue weighted by Gasteiger charge is 2.42. The van der Waals surface area contributed by atoms with Crippen molar-refractivity contribution in [3.8, 4) is 11.5 Å². The van der Waals surface area contributed by atoms with Gasteiger partial charge in [0.2, 0.25) is 0 Å². The van der Waals surface area contributed by atoms with E-state index >= 15 is 0 Å². The summed E-state index contributed by atoms with van der Waals surface area (Å²) in [6.45, 7) is 1.50. The van der Waals surface area contributed by atoms with Crippen molar-refractivity contribution in [3.63, 3.8) is 0 Å². The Kier molecular flexibility index (Phi) is 5.09. The molecule has 1 saturated carbocycles. The second-order valence-electron chi connectivity index (χ2n) is 8.84. The normalized spacial score (nSPS) is 27.1. The second-order valence-corrected chi connectivity index (χ2v) is 11.0. The smallest absolute Gasteiger partial charge is 0.258 e. The van der Waals surface area contributed by atoms with Crippen molar-refractivity contribution in [1.29, 1.82) is 0 Å². The fourth-order valence-electron chi connectivity index (χ4n) is 4.67. The van der Waals surface area contributed by atoms with Gasteiger partial charge in [-0.15, -0.1) is 0 Å². The summed E-state index contributed by atoms with van der Waals surface area (Å²) >= 11 is 0. The number of Topliss-reactive ketones (excluding diaryl/α,β-unsaturated/α-hetero) is 1. The van der Waals surface area contributed by atoms with Gasteiger partial charge in [0.1, 0.15) is 17.1 Å². The fourth-order valence-corrected chi connectivity index (χ4v) is 6.76. The van der Waals surface area contributed by atoms with Gasteiger partial charge in [-0.3, -0.25) is 9.59 Å². The Hall–Kier alpha value is -2.09. The van der Waals surface area contributed by atoms with Gasteiger partial charge < -0.3 is 14.8 Å². The number of nitrogens with one attached hydrogen (secondary N) is 1. The van der Waals surface area contributed by atoms with Crippen molar-refractivity contribution in [2.45, 2.75) is 63.0 Å². The van der Waals surface area contributed by atoms with E-state index in [0.717, 1.165) is 25.7 Å². The van der Waals surface area contributed by atoms with Crippen LogP contribution in [-0.2, 0) is 14.6 Å². The van der Waals surface area contributed by atoms with Gasteiger partial charge in [-0.05, 0) is 51.2 Å². The number of benzene rings is 1. The van der Waals surface area contributed by atoms with Crippen molar-refractivity contribution in [1.82, 2.24) is 5.32 Å². The minimum Gasteiger partial charge on any atom is -0.486 e. The predicted octanol–water partition coefficient (Wildman–Crippen LogP) is 2.43. The number of carbonyl (C=O) groups is 2. The minimum absolute atomic E-state index is 0.0530. The molecule has 0 bridgehead atoms. The van der Waals surface area contributed by atoms with Crippen LogP contribution in [0.15, 0.2) is 18.2 Å². The van der Waals surface area contributed by atoms with Crippen LogP contribution in [0.3, 0.4) is 0 Å². The number of hydrogen-bond donors (Lipinski definition) is 1. The summed E-state index contributed by atoms with van der Waals surface area (Å²) in [5, 5.41) is 2.77. The molecule has 7 nitrogen and oxygen atoms in total. The van der Waals surface area contributed by atoms with Crippen LogP contribution in [0.25, 0.3) is 0 Å². The molecule has 1 spiro atoms. The van der Waals surface area contributed by atoms with Crippen molar-refractivity contribution >= 4 is 21.5 Å². The van der Waals surface area contributed by atoms with Gasteiger partial charge in [0.25, 0.3) is 5.91 Å². The maximum Gasteiger partial charge on any atom is 0.258 e. The van der Waals surface area contributed by atoms with Crippen molar-refractivity contribution in [2.24, 2.45) is 0 Å². The third-order valence-electron chi connectivity index (χ3n) is 6.14. The first-order valence-electron chi connectivity index (χ1n) is 10.2. The van der Waals surface area contributed by atoms with Crippen LogP contribution in [-0.4, -0.2) is 49.4 Å². The highest BCUT2D eigenvalue weighted by molar-refractivity contribution is 7.91. The predicted molar refractivity (Wildman–Crippen MR) is 107 cm³/mol. The summed E-state index contributed by atoms with van der Waals surface area (Å²) in [6.07, 6.45) is 5.88. The Balaban J connectivity index is 1.40. The highest BCUT2D eigenvalue weighted by atomic mass is 32.2. The van der Waals surface area contributed by atoms with Gasteiger partial charge in [0.15, 0.2) is 22.2 Å². The molecule has 3 aliphatic rings. The van der Waals surface area contributed by atoms with Crippen LogP contribution in [0.1, 0.15) is 62.2 Å². The van der Waals surface area contributed by atoms with E-state index in [1.165, 1.54) is 6.42 Å². The van der Waals surface area contributed by atoms with Crippen molar-refractivity contribution in [3.05, 3.63) is 23.8 Å². The molecule has 1 amide bonds. The fraction of sp³-hybridized carbons (Fsp3) is 0.619. The average molecular weight is 422 g/mol. The van der Waals surface area contributed by atoms with Crippen molar-refractivity contribution < 1.29 is 27.5 Å². The second kappa shape index (κ2) is 7.31. The standard InChI is InChI=1S/C21H27NO6S/c1-20(9-10-29(25,26)14-20)22-19(24)13-27-15-5-6-16-17(23)12-21(28-18(16)11-15)7-3-2-4-8-21/h5-6,11H,2-4,7-10,12-14H2,1H3,(H,22,24)/t20-/m1/s1. The molecule has 1 atom stereocenters. The van der Waals surface area contributed by atoms with Crippen LogP contribution in [0.5, 0.6) is 11.5 Å². The van der Waals surface area contributed by atoms with Crippen LogP contribution >= 0.6 is 0 Å². The molecular weight excluding hydrogens is 394 g/mol. The molecule has 8 heteroatoms. The molecule has 1 N–H and O–H groups in total. The molecule has 2 heterocycles. The first-order chi connectivity index (χ1) is 13.7. The number of amides is 1. The van der Waals surface area contributed by atoms with E-state index in [2.05, 4.69) is 5.32 Å². The summed E-state index contributed by atoms with van der Waals surface area (Å²) in [6, 6.07) is 5.02. The quantitative estimate of drug-likeness (QED) is 0.802. The molecule has 0 aromatic heterocycles. The van der Waals surface area contributed by atoms with Gasteiger partial charge >= 0.3 is 0 Å². The molecule has 0 unspecified atom stereocenters. The molecule has 1 saturated heterocycles. The SMILES string of the molecule is C[C@@]1(NC(=O)COc2ccc3c(c2)OC2(CCCCC2)CC3=O)CCS(=O)(=O)C1. The van der Waals surface area contributed by atoms with E-state index in [4.69, 9.17) is 9.47 Å². The number of ketones is 1. The molecule has 0 radical (unpaired) electrons. The Bertz CT molecular complexity index is 934. The average Bonchev–Trinajstić information content (AvgIpc) is 2.93. The lowest BCUT2D eigenvalue weighted by Gasteiger charge is -2.40. The third kappa shape index (κ3) is 4.42. The zero-order chi connectivity index (χ0) is 20.7. The van der Waals surface area contributed by atoms with E-state index in [1.807, 2.05) is 0 Å². The highest BCUT2D eigenvalue weighted by Crippen LogP contribution is 2.42. The lowest BCUT2D eigenvalue weighted by molar-refractivity contribution is -0.124. The monoisotopic (exact) mass is 421 g/mol. The zero-order valence-electron chi connectivity index (χ0n) is 16.7. The lowest BCUT2D eigenvalue weighted by atomic mass is 9.78. The molecule has 158 valence electrons. The Morgan fingerprint density at radius 1 is 1.21 bits per heavy atom. The number of sulfone groups is 1. The maximum atomic E-state index is 12.6. The van der Waals surface area contributed by atoms with Crippen LogP contribution in [0.4, 0.5) is 0 Å². The number of carbonyl (C=O) groups excluding carboxylic acids is 2. The van der Waals surface area contributed by atoms with Crippen LogP contribution in [0, 0.1) is 0 Å². The summed E-state index contributed by atoms with van der Waals surface area (Å²) in [5.41, 5.74) is -0.597. The van der Waals surface area contributed by atoms with Crippen LogP contribution in [0.2, 0.25) is 0 Å². The molecule has 1 aliphatic carbocycles. The van der Waals surface area contributed by atoms with Gasteiger partial charge in [-0.25, -0.2) is 8.42 Å². The molecule has 1 aromatic carbocycles. The Labute approximate surface area is 171 Å². The Morgan fingerprint density at radius 2 is 1.97 bits per heavy atom. The van der Waals surface area contributed by atoms with E-state index in [-0.39, 0.29) is 29.8 Å². The van der Waals surface area contributed by atoms with Crippen molar-refractivity contribution in [2.75, 3.05) is 18.1 Å². The largest absolute Gasteiger partial charge is 0.486 e. The maximum absolute atomic E-state index is 12.6. The van der Waals surface area contributed by atoms with Gasteiger partial charge in [-0.2, -0.15) is 0 Å². The number of ether oxygens (including phenoxy) is 2. The summed E-state index contributed by atoms with van der Waals surface area (Å²) < 4.78 is 35.2. The number of hydrogen-bond acceptors (Lipinski definition) is 6. The lowest BCUT2D eigenvalue weighted by Crippen LogP contribution is -2.48. The zero-order valence-corrected chi connectivity index (χ0v) is 17.5. The topological polar surface area (TPSA) is 98.8 Å². The van der Waals surface area contributed by atoms with E-state index in [9.17, 15) is 18.0 Å². The molecule has 1 aromatic rings. The summed E-state index contributed by atoms with van der Waals surface area (Å²) in [5.74, 6) is 0.722. The number of fused-ring (bicyclic) bond motifs is 1. The first-order valence-corrected chi connectivity index (χ1v) is 12.0. The third-order valence-corrected chi connectivity index (χ3v) is 8.05. The van der Waals surface area contributed by atoms with Gasteiger partial charge in [0.05, 0.1) is 29.0 Å². The summed E-state index contributed by atoms with van der Waals surface area (Å²) in [7, 11) is -3.10. The molecule has 2 fully saturated rings. The van der Waals surface area contributed by atoms with E-state index < -0.39 is 21.0 Å². The molecule has 2 aliphatic heterocycles. The molecule has 4 rings (SSSR count). The van der Waals surface area contributed by atoms with E-state index in [1.54, 1.807) is 25.1 Å². The first kappa shape index (κ1) is 20.2.